The average Bonchev–Trinajstić information content (AvgIpc) is 2.44. The lowest BCUT2D eigenvalue weighted by atomic mass is 10.2. The summed E-state index contributed by atoms with van der Waals surface area (Å²) in [5.74, 6) is 0. The number of anilines is 1. The minimum absolute atomic E-state index is 0.0942. The van der Waals surface area contributed by atoms with Gasteiger partial charge in [0.2, 0.25) is 0 Å². The third-order valence-corrected chi connectivity index (χ3v) is 4.18. The van der Waals surface area contributed by atoms with Crippen LogP contribution in [0.1, 0.15) is 13.3 Å². The van der Waals surface area contributed by atoms with Gasteiger partial charge in [-0.15, -0.1) is 0 Å². The van der Waals surface area contributed by atoms with Crippen LogP contribution in [0.2, 0.25) is 0 Å². The summed E-state index contributed by atoms with van der Waals surface area (Å²) >= 11 is 0. The number of hydrogen-bond donors (Lipinski definition) is 2. The van der Waals surface area contributed by atoms with Gasteiger partial charge in [0, 0.05) is 25.9 Å². The predicted octanol–water partition coefficient (Wildman–Crippen LogP) is 1.61. The van der Waals surface area contributed by atoms with Gasteiger partial charge in [-0.25, -0.2) is 0 Å². The van der Waals surface area contributed by atoms with E-state index in [0.29, 0.717) is 6.61 Å². The van der Waals surface area contributed by atoms with Crippen molar-refractivity contribution in [1.29, 1.82) is 0 Å². The highest BCUT2D eigenvalue weighted by Gasteiger charge is 2.39. The van der Waals surface area contributed by atoms with Gasteiger partial charge in [0.1, 0.15) is 0 Å². The average molecular weight is 271 g/mol. The van der Waals surface area contributed by atoms with Gasteiger partial charge in [-0.2, -0.15) is 0 Å². The van der Waals surface area contributed by atoms with Gasteiger partial charge in [0.05, 0.1) is 6.61 Å². The Balaban J connectivity index is 2.48. The van der Waals surface area contributed by atoms with Crippen molar-refractivity contribution >= 4 is 14.7 Å². The summed E-state index contributed by atoms with van der Waals surface area (Å²) in [6, 6.07) is 9.95. The maximum atomic E-state index is 9.78. The van der Waals surface area contributed by atoms with Crippen molar-refractivity contribution in [1.82, 2.24) is 0 Å². The van der Waals surface area contributed by atoms with Crippen LogP contribution in [0, 0.1) is 0 Å². The number of nitrogens with one attached hydrogen (secondary N) is 1. The Bertz CT molecular complexity index is 332. The molecule has 2 N–H and O–H groups in total. The van der Waals surface area contributed by atoms with Gasteiger partial charge in [0.15, 0.2) is 0 Å². The van der Waals surface area contributed by atoms with E-state index in [1.165, 1.54) is 14.2 Å². The van der Waals surface area contributed by atoms with E-state index >= 15 is 0 Å². The third kappa shape index (κ3) is 4.75. The summed E-state index contributed by atoms with van der Waals surface area (Å²) in [4.78, 5) is 9.78. The molecule has 1 unspecified atom stereocenters. The third-order valence-electron chi connectivity index (χ3n) is 2.62. The Morgan fingerprint density at radius 3 is 2.33 bits per heavy atom. The van der Waals surface area contributed by atoms with Crippen molar-refractivity contribution in [3.8, 4) is 0 Å². The van der Waals surface area contributed by atoms with Crippen LogP contribution >= 0.6 is 0 Å². The van der Waals surface area contributed by atoms with E-state index in [9.17, 15) is 4.80 Å². The van der Waals surface area contributed by atoms with E-state index in [0.717, 1.165) is 12.1 Å². The first kappa shape index (κ1) is 15.1. The SMILES string of the molecule is CCC(CO[Si](O)(OC)OC)Nc1ccccc1. The molecule has 0 bridgehead atoms. The highest BCUT2D eigenvalue weighted by molar-refractivity contribution is 6.51. The Labute approximate surface area is 109 Å². The van der Waals surface area contributed by atoms with Crippen LogP contribution in [0.5, 0.6) is 0 Å². The van der Waals surface area contributed by atoms with Gasteiger partial charge >= 0.3 is 9.05 Å². The molecule has 1 atom stereocenters. The standard InChI is InChI=1S/C12H21NO4Si/c1-4-11(10-17-18(14,15-2)16-3)13-12-8-6-5-7-9-12/h5-9,11,13-14H,4,10H2,1-3H3. The molecule has 0 spiro atoms. The van der Waals surface area contributed by atoms with Gasteiger partial charge in [-0.05, 0) is 18.6 Å². The molecule has 6 heteroatoms. The second-order valence-electron chi connectivity index (χ2n) is 3.86. The maximum Gasteiger partial charge on any atom is 0.676 e. The molecule has 1 aromatic carbocycles. The van der Waals surface area contributed by atoms with Gasteiger partial charge in [-0.3, -0.25) is 0 Å². The van der Waals surface area contributed by atoms with Crippen molar-refractivity contribution in [2.45, 2.75) is 19.4 Å². The summed E-state index contributed by atoms with van der Waals surface area (Å²) in [5, 5.41) is 3.32. The Hall–Kier alpha value is -0.923. The van der Waals surface area contributed by atoms with Gasteiger partial charge in [0.25, 0.3) is 0 Å². The first-order valence-corrected chi connectivity index (χ1v) is 7.59. The molecule has 1 rings (SSSR count). The monoisotopic (exact) mass is 271 g/mol. The summed E-state index contributed by atoms with van der Waals surface area (Å²) in [5.41, 5.74) is 1.02. The molecule has 0 saturated carbocycles. The van der Waals surface area contributed by atoms with E-state index < -0.39 is 9.05 Å². The van der Waals surface area contributed by atoms with Crippen LogP contribution in [-0.4, -0.2) is 40.7 Å². The molecule has 0 aliphatic heterocycles. The molecule has 1 aromatic rings. The summed E-state index contributed by atoms with van der Waals surface area (Å²) < 4.78 is 15.0. The first-order chi connectivity index (χ1) is 8.63. The molecule has 0 saturated heterocycles. The molecule has 0 heterocycles. The zero-order chi connectivity index (χ0) is 13.4. The van der Waals surface area contributed by atoms with Crippen molar-refractivity contribution in [3.63, 3.8) is 0 Å². The Morgan fingerprint density at radius 1 is 1.22 bits per heavy atom. The lowest BCUT2D eigenvalue weighted by Crippen LogP contribution is -2.46. The van der Waals surface area contributed by atoms with Crippen LogP contribution in [-0.2, 0) is 13.3 Å². The molecule has 18 heavy (non-hydrogen) atoms. The lowest BCUT2D eigenvalue weighted by molar-refractivity contribution is 0.0205. The Kier molecular flexibility index (Phi) is 6.30. The number of hydrogen-bond acceptors (Lipinski definition) is 5. The molecule has 0 aliphatic carbocycles. The van der Waals surface area contributed by atoms with Gasteiger partial charge < -0.3 is 23.4 Å². The second kappa shape index (κ2) is 7.50. The molecule has 0 aliphatic rings. The van der Waals surface area contributed by atoms with Crippen molar-refractivity contribution < 1.29 is 18.1 Å². The number of para-hydroxylation sites is 1. The van der Waals surface area contributed by atoms with Crippen LogP contribution in [0.3, 0.4) is 0 Å². The van der Waals surface area contributed by atoms with E-state index in [4.69, 9.17) is 13.3 Å². The van der Waals surface area contributed by atoms with Crippen molar-refractivity contribution in [2.24, 2.45) is 0 Å². The quantitative estimate of drug-likeness (QED) is 0.704. The smallest absolute Gasteiger partial charge is 0.380 e. The molecule has 0 fully saturated rings. The normalized spacial score (nSPS) is 13.3. The molecular formula is C12H21NO4Si. The molecule has 0 aromatic heterocycles. The second-order valence-corrected chi connectivity index (χ2v) is 6.01. The first-order valence-electron chi connectivity index (χ1n) is 5.91. The van der Waals surface area contributed by atoms with E-state index in [1.807, 2.05) is 37.3 Å². The Morgan fingerprint density at radius 2 is 1.83 bits per heavy atom. The topological polar surface area (TPSA) is 60.0 Å². The number of benzene rings is 1. The predicted molar refractivity (Wildman–Crippen MR) is 72.1 cm³/mol. The van der Waals surface area contributed by atoms with Crippen LogP contribution < -0.4 is 5.32 Å². The fraction of sp³-hybridized carbons (Fsp3) is 0.500. The summed E-state index contributed by atoms with van der Waals surface area (Å²) in [6.45, 7) is 2.37. The molecule has 5 nitrogen and oxygen atoms in total. The molecule has 0 amide bonds. The van der Waals surface area contributed by atoms with Crippen molar-refractivity contribution in [2.75, 3.05) is 26.1 Å². The van der Waals surface area contributed by atoms with E-state index in [1.54, 1.807) is 0 Å². The zero-order valence-electron chi connectivity index (χ0n) is 11.1. The van der Waals surface area contributed by atoms with Crippen LogP contribution in [0.25, 0.3) is 0 Å². The highest BCUT2D eigenvalue weighted by atomic mass is 28.4. The summed E-state index contributed by atoms with van der Waals surface area (Å²) in [6.07, 6.45) is 0.868. The van der Waals surface area contributed by atoms with E-state index in [-0.39, 0.29) is 6.04 Å². The minimum Gasteiger partial charge on any atom is -0.380 e. The van der Waals surface area contributed by atoms with Gasteiger partial charge in [-0.1, -0.05) is 25.1 Å². The molecule has 0 radical (unpaired) electrons. The molecule has 102 valence electrons. The van der Waals surface area contributed by atoms with E-state index in [2.05, 4.69) is 5.32 Å². The number of rotatable bonds is 8. The zero-order valence-corrected chi connectivity index (χ0v) is 12.1. The maximum absolute atomic E-state index is 9.78. The van der Waals surface area contributed by atoms with Crippen LogP contribution in [0.4, 0.5) is 5.69 Å². The highest BCUT2D eigenvalue weighted by Crippen LogP contribution is 2.11. The van der Waals surface area contributed by atoms with Crippen molar-refractivity contribution in [3.05, 3.63) is 30.3 Å². The lowest BCUT2D eigenvalue weighted by Gasteiger charge is -2.23. The van der Waals surface area contributed by atoms with Crippen LogP contribution in [0.15, 0.2) is 30.3 Å². The molecular weight excluding hydrogens is 250 g/mol. The largest absolute Gasteiger partial charge is 0.676 e. The summed E-state index contributed by atoms with van der Waals surface area (Å²) in [7, 11) is -0.681. The fourth-order valence-electron chi connectivity index (χ4n) is 1.44. The minimum atomic E-state index is -3.43. The fourth-order valence-corrected chi connectivity index (χ4v) is 2.25.